The van der Waals surface area contributed by atoms with E-state index in [9.17, 15) is 9.18 Å². The van der Waals surface area contributed by atoms with E-state index in [1.165, 1.54) is 28.4 Å². The largest absolute Gasteiger partial charge is 0.340 e. The van der Waals surface area contributed by atoms with Crippen molar-refractivity contribution in [1.82, 2.24) is 4.90 Å². The summed E-state index contributed by atoms with van der Waals surface area (Å²) in [6.45, 7) is 0.0867. The fourth-order valence-corrected chi connectivity index (χ4v) is 2.77. The highest BCUT2D eigenvalue weighted by atomic mass is 35.5. The van der Waals surface area contributed by atoms with E-state index in [1.807, 2.05) is 11.4 Å². The molecule has 1 aromatic carbocycles. The monoisotopic (exact) mass is 312 g/mol. The fourth-order valence-electron chi connectivity index (χ4n) is 1.83. The maximum atomic E-state index is 13.7. The van der Waals surface area contributed by atoms with E-state index >= 15 is 0 Å². The molecule has 0 spiro atoms. The molecular formula is C14H14ClFN2OS. The molecule has 0 aliphatic heterocycles. The second-order valence-corrected chi connectivity index (χ2v) is 5.77. The summed E-state index contributed by atoms with van der Waals surface area (Å²) in [6, 6.07) is 7.35. The topological polar surface area (TPSA) is 46.3 Å². The Morgan fingerprint density at radius 2 is 2.20 bits per heavy atom. The van der Waals surface area contributed by atoms with Crippen molar-refractivity contribution in [3.8, 4) is 0 Å². The standard InChI is InChI=1S/C14H14ClFN2OS/c1-18(8-9-10(15)4-2-5-11(9)16)14(19)13(17)12-6-3-7-20-12/h2-7,13H,8,17H2,1H3. The van der Waals surface area contributed by atoms with Gasteiger partial charge in [-0.3, -0.25) is 4.79 Å². The van der Waals surface area contributed by atoms with Crippen molar-refractivity contribution < 1.29 is 9.18 Å². The number of carbonyl (C=O) groups excluding carboxylic acids is 1. The molecule has 0 aliphatic rings. The lowest BCUT2D eigenvalue weighted by molar-refractivity contribution is -0.131. The van der Waals surface area contributed by atoms with Gasteiger partial charge < -0.3 is 10.6 Å². The lowest BCUT2D eigenvalue weighted by Gasteiger charge is -2.21. The molecule has 1 aromatic heterocycles. The number of halogens is 2. The molecule has 1 unspecified atom stereocenters. The molecule has 0 saturated carbocycles. The normalized spacial score (nSPS) is 12.2. The highest BCUT2D eigenvalue weighted by Crippen LogP contribution is 2.23. The molecule has 0 saturated heterocycles. The average Bonchev–Trinajstić information content (AvgIpc) is 2.95. The zero-order chi connectivity index (χ0) is 14.7. The van der Waals surface area contributed by atoms with E-state index < -0.39 is 11.9 Å². The summed E-state index contributed by atoms with van der Waals surface area (Å²) in [7, 11) is 1.58. The van der Waals surface area contributed by atoms with Gasteiger partial charge in [-0.15, -0.1) is 11.3 Å². The number of rotatable bonds is 4. The minimum atomic E-state index is -0.731. The van der Waals surface area contributed by atoms with Gasteiger partial charge in [0, 0.05) is 29.1 Å². The van der Waals surface area contributed by atoms with Crippen LogP contribution in [0.25, 0.3) is 0 Å². The van der Waals surface area contributed by atoms with E-state index in [0.29, 0.717) is 10.6 Å². The molecule has 2 aromatic rings. The Morgan fingerprint density at radius 1 is 1.45 bits per heavy atom. The van der Waals surface area contributed by atoms with Gasteiger partial charge >= 0.3 is 0 Å². The Bertz CT molecular complexity index is 583. The molecule has 0 radical (unpaired) electrons. The van der Waals surface area contributed by atoms with Crippen LogP contribution in [0.4, 0.5) is 4.39 Å². The van der Waals surface area contributed by atoms with Crippen molar-refractivity contribution in [2.75, 3.05) is 7.05 Å². The Balaban J connectivity index is 2.12. The van der Waals surface area contributed by atoms with Crippen LogP contribution in [0.5, 0.6) is 0 Å². The van der Waals surface area contributed by atoms with E-state index in [4.69, 9.17) is 17.3 Å². The lowest BCUT2D eigenvalue weighted by atomic mass is 10.1. The molecule has 3 nitrogen and oxygen atoms in total. The van der Waals surface area contributed by atoms with Crippen LogP contribution in [-0.4, -0.2) is 17.9 Å². The van der Waals surface area contributed by atoms with Crippen LogP contribution in [0, 0.1) is 5.82 Å². The molecule has 20 heavy (non-hydrogen) atoms. The van der Waals surface area contributed by atoms with Gasteiger partial charge in [-0.05, 0) is 23.6 Å². The quantitative estimate of drug-likeness (QED) is 0.942. The van der Waals surface area contributed by atoms with Crippen LogP contribution in [0.15, 0.2) is 35.7 Å². The molecular weight excluding hydrogens is 299 g/mol. The number of nitrogens with two attached hydrogens (primary N) is 1. The summed E-state index contributed by atoms with van der Waals surface area (Å²) in [4.78, 5) is 14.4. The first-order valence-corrected chi connectivity index (χ1v) is 7.23. The van der Waals surface area contributed by atoms with Crippen molar-refractivity contribution in [1.29, 1.82) is 0 Å². The van der Waals surface area contributed by atoms with Crippen LogP contribution < -0.4 is 5.73 Å². The Labute approximate surface area is 125 Å². The first-order valence-electron chi connectivity index (χ1n) is 5.97. The Morgan fingerprint density at radius 3 is 2.80 bits per heavy atom. The van der Waals surface area contributed by atoms with E-state index in [0.717, 1.165) is 4.88 Å². The summed E-state index contributed by atoms with van der Waals surface area (Å²) in [5.74, 6) is -0.700. The summed E-state index contributed by atoms with van der Waals surface area (Å²) in [5, 5.41) is 2.16. The first-order chi connectivity index (χ1) is 9.50. The third-order valence-electron chi connectivity index (χ3n) is 2.95. The van der Waals surface area contributed by atoms with Crippen molar-refractivity contribution in [3.63, 3.8) is 0 Å². The van der Waals surface area contributed by atoms with Crippen molar-refractivity contribution in [2.45, 2.75) is 12.6 Å². The van der Waals surface area contributed by atoms with Gasteiger partial charge in [-0.2, -0.15) is 0 Å². The second kappa shape index (κ2) is 6.35. The van der Waals surface area contributed by atoms with Gasteiger partial charge in [0.15, 0.2) is 0 Å². The SMILES string of the molecule is CN(Cc1c(F)cccc1Cl)C(=O)C(N)c1cccs1. The van der Waals surface area contributed by atoms with Crippen molar-refractivity contribution in [3.05, 3.63) is 57.0 Å². The molecule has 0 bridgehead atoms. The van der Waals surface area contributed by atoms with Gasteiger partial charge in [0.1, 0.15) is 11.9 Å². The lowest BCUT2D eigenvalue weighted by Crippen LogP contribution is -2.35. The van der Waals surface area contributed by atoms with Gasteiger partial charge in [0.2, 0.25) is 5.91 Å². The summed E-state index contributed by atoms with van der Waals surface area (Å²) < 4.78 is 13.7. The minimum Gasteiger partial charge on any atom is -0.340 e. The summed E-state index contributed by atoms with van der Waals surface area (Å²) in [5.41, 5.74) is 6.20. The number of hydrogen-bond acceptors (Lipinski definition) is 3. The van der Waals surface area contributed by atoms with Crippen LogP contribution >= 0.6 is 22.9 Å². The molecule has 2 N–H and O–H groups in total. The van der Waals surface area contributed by atoms with Crippen LogP contribution in [0.1, 0.15) is 16.5 Å². The molecule has 2 rings (SSSR count). The molecule has 1 amide bonds. The number of amides is 1. The number of nitrogens with zero attached hydrogens (tertiary/aromatic N) is 1. The smallest absolute Gasteiger partial charge is 0.244 e. The third-order valence-corrected chi connectivity index (χ3v) is 4.26. The predicted molar refractivity (Wildman–Crippen MR) is 79.1 cm³/mol. The summed E-state index contributed by atoms with van der Waals surface area (Å²) >= 11 is 7.37. The van der Waals surface area contributed by atoms with E-state index in [-0.39, 0.29) is 12.5 Å². The number of likely N-dealkylation sites (N-methyl/N-ethyl adjacent to an activating group) is 1. The predicted octanol–water partition coefficient (Wildman–Crippen LogP) is 3.20. The van der Waals surface area contributed by atoms with E-state index in [2.05, 4.69) is 0 Å². The van der Waals surface area contributed by atoms with Crippen LogP contribution in [0.2, 0.25) is 5.02 Å². The van der Waals surface area contributed by atoms with Crippen molar-refractivity contribution >= 4 is 28.8 Å². The molecule has 0 aliphatic carbocycles. The van der Waals surface area contributed by atoms with Gasteiger partial charge in [0.05, 0.1) is 0 Å². The Kier molecular flexibility index (Phi) is 4.75. The number of carbonyl (C=O) groups is 1. The summed E-state index contributed by atoms with van der Waals surface area (Å²) in [6.07, 6.45) is 0. The molecule has 1 heterocycles. The Hall–Kier alpha value is -1.43. The van der Waals surface area contributed by atoms with Crippen LogP contribution in [-0.2, 0) is 11.3 Å². The van der Waals surface area contributed by atoms with Crippen LogP contribution in [0.3, 0.4) is 0 Å². The third kappa shape index (κ3) is 3.17. The first kappa shape index (κ1) is 15.0. The van der Waals surface area contributed by atoms with Crippen molar-refractivity contribution in [2.24, 2.45) is 5.73 Å². The highest BCUT2D eigenvalue weighted by molar-refractivity contribution is 7.10. The molecule has 1 atom stereocenters. The van der Waals surface area contributed by atoms with Gasteiger partial charge in [-0.1, -0.05) is 23.7 Å². The number of thiophene rings is 1. The fraction of sp³-hybridized carbons (Fsp3) is 0.214. The minimum absolute atomic E-state index is 0.0867. The highest BCUT2D eigenvalue weighted by Gasteiger charge is 2.22. The average molecular weight is 313 g/mol. The number of benzene rings is 1. The maximum Gasteiger partial charge on any atom is 0.244 e. The van der Waals surface area contributed by atoms with E-state index in [1.54, 1.807) is 19.2 Å². The zero-order valence-corrected chi connectivity index (χ0v) is 12.4. The second-order valence-electron chi connectivity index (χ2n) is 4.39. The molecule has 0 fully saturated rings. The van der Waals surface area contributed by atoms with Gasteiger partial charge in [-0.25, -0.2) is 4.39 Å². The molecule has 106 valence electrons. The zero-order valence-electron chi connectivity index (χ0n) is 10.8. The number of hydrogen-bond donors (Lipinski definition) is 1. The van der Waals surface area contributed by atoms with Gasteiger partial charge in [0.25, 0.3) is 0 Å². The molecule has 6 heteroatoms. The maximum absolute atomic E-state index is 13.7.